The van der Waals surface area contributed by atoms with Gasteiger partial charge in [-0.05, 0) is 39.5 Å². The van der Waals surface area contributed by atoms with Crippen LogP contribution in [-0.4, -0.2) is 28.0 Å². The fraction of sp³-hybridized carbons (Fsp3) is 0.833. The molecule has 2 unspecified atom stereocenters. The number of aromatic nitrogens is 2. The van der Waals surface area contributed by atoms with Gasteiger partial charge in [0, 0.05) is 13.0 Å². The molecule has 1 aromatic heterocycles. The van der Waals surface area contributed by atoms with Crippen LogP contribution in [0.1, 0.15) is 51.2 Å². The molecular formula is C12H20N2O3. The minimum absolute atomic E-state index is 0.341. The van der Waals surface area contributed by atoms with E-state index in [2.05, 4.69) is 10.1 Å². The number of hydrogen-bond acceptors (Lipinski definition) is 5. The van der Waals surface area contributed by atoms with E-state index in [1.807, 2.05) is 6.92 Å². The number of hydrogen-bond donors (Lipinski definition) is 1. The fourth-order valence-corrected chi connectivity index (χ4v) is 2.01. The second kappa shape index (κ2) is 5.14. The van der Waals surface area contributed by atoms with E-state index in [1.165, 1.54) is 0 Å². The van der Waals surface area contributed by atoms with Gasteiger partial charge in [-0.1, -0.05) is 5.16 Å². The van der Waals surface area contributed by atoms with E-state index in [4.69, 9.17) is 9.26 Å². The van der Waals surface area contributed by atoms with Gasteiger partial charge in [0.15, 0.2) is 0 Å². The Labute approximate surface area is 101 Å². The molecule has 1 aliphatic heterocycles. The zero-order valence-corrected chi connectivity index (χ0v) is 10.5. The minimum atomic E-state index is -0.398. The monoisotopic (exact) mass is 240 g/mol. The molecule has 5 nitrogen and oxygen atoms in total. The van der Waals surface area contributed by atoms with Crippen molar-refractivity contribution < 1.29 is 14.4 Å². The third-order valence-electron chi connectivity index (χ3n) is 3.19. The zero-order valence-electron chi connectivity index (χ0n) is 10.5. The van der Waals surface area contributed by atoms with Crippen LogP contribution in [0.15, 0.2) is 4.52 Å². The average Bonchev–Trinajstić information content (AvgIpc) is 2.76. The molecule has 2 heterocycles. The first-order valence-electron chi connectivity index (χ1n) is 6.25. The summed E-state index contributed by atoms with van der Waals surface area (Å²) < 4.78 is 10.9. The van der Waals surface area contributed by atoms with Crippen LogP contribution in [0, 0.1) is 0 Å². The van der Waals surface area contributed by atoms with Crippen LogP contribution in [0.4, 0.5) is 0 Å². The van der Waals surface area contributed by atoms with Crippen molar-refractivity contribution in [2.45, 2.75) is 57.7 Å². The molecule has 0 radical (unpaired) electrons. The highest BCUT2D eigenvalue weighted by atomic mass is 16.5. The quantitative estimate of drug-likeness (QED) is 0.869. The van der Waals surface area contributed by atoms with Crippen molar-refractivity contribution in [2.75, 3.05) is 6.61 Å². The van der Waals surface area contributed by atoms with Crippen molar-refractivity contribution in [2.24, 2.45) is 0 Å². The Morgan fingerprint density at radius 1 is 1.47 bits per heavy atom. The van der Waals surface area contributed by atoms with E-state index in [0.717, 1.165) is 25.9 Å². The second-order valence-corrected chi connectivity index (χ2v) is 4.94. The molecule has 2 atom stereocenters. The third-order valence-corrected chi connectivity index (χ3v) is 3.19. The van der Waals surface area contributed by atoms with Gasteiger partial charge in [-0.2, -0.15) is 4.98 Å². The Kier molecular flexibility index (Phi) is 3.79. The maximum atomic E-state index is 9.21. The highest BCUT2D eigenvalue weighted by Crippen LogP contribution is 2.32. The highest BCUT2D eigenvalue weighted by Gasteiger charge is 2.34. The van der Waals surface area contributed by atoms with Crippen molar-refractivity contribution >= 4 is 0 Å². The number of ether oxygens (including phenoxy) is 1. The van der Waals surface area contributed by atoms with Crippen molar-refractivity contribution in [3.63, 3.8) is 0 Å². The molecule has 1 N–H and O–H groups in total. The predicted molar refractivity (Wildman–Crippen MR) is 61.5 cm³/mol. The first-order valence-corrected chi connectivity index (χ1v) is 6.25. The van der Waals surface area contributed by atoms with E-state index in [9.17, 15) is 5.11 Å². The average molecular weight is 240 g/mol. The molecule has 1 aliphatic rings. The summed E-state index contributed by atoms with van der Waals surface area (Å²) in [5.41, 5.74) is -0.398. The molecule has 0 spiro atoms. The van der Waals surface area contributed by atoms with Gasteiger partial charge in [-0.3, -0.25) is 0 Å². The molecule has 1 aromatic rings. The Morgan fingerprint density at radius 3 is 2.94 bits per heavy atom. The van der Waals surface area contributed by atoms with Crippen LogP contribution in [0.3, 0.4) is 0 Å². The van der Waals surface area contributed by atoms with Gasteiger partial charge in [-0.25, -0.2) is 0 Å². The van der Waals surface area contributed by atoms with Crippen LogP contribution < -0.4 is 0 Å². The molecule has 2 rings (SSSR count). The lowest BCUT2D eigenvalue weighted by Crippen LogP contribution is -2.31. The zero-order chi connectivity index (χ0) is 12.3. The maximum Gasteiger partial charge on any atom is 0.226 e. The topological polar surface area (TPSA) is 68.4 Å². The molecule has 0 aliphatic carbocycles. The lowest BCUT2D eigenvalue weighted by atomic mass is 9.95. The summed E-state index contributed by atoms with van der Waals surface area (Å²) in [7, 11) is 0. The Hall–Kier alpha value is -0.940. The molecule has 96 valence electrons. The van der Waals surface area contributed by atoms with Gasteiger partial charge in [0.25, 0.3) is 0 Å². The first-order chi connectivity index (χ1) is 8.10. The molecule has 0 aromatic carbocycles. The summed E-state index contributed by atoms with van der Waals surface area (Å²) in [6, 6.07) is 0. The lowest BCUT2D eigenvalue weighted by molar-refractivity contribution is -0.0770. The van der Waals surface area contributed by atoms with Crippen molar-refractivity contribution in [3.05, 3.63) is 11.7 Å². The van der Waals surface area contributed by atoms with E-state index in [1.54, 1.807) is 6.92 Å². The minimum Gasteiger partial charge on any atom is -0.393 e. The number of rotatable bonds is 4. The summed E-state index contributed by atoms with van der Waals surface area (Å²) in [6.45, 7) is 4.52. The van der Waals surface area contributed by atoms with Crippen LogP contribution in [0.2, 0.25) is 0 Å². The van der Waals surface area contributed by atoms with E-state index < -0.39 is 5.60 Å². The maximum absolute atomic E-state index is 9.21. The van der Waals surface area contributed by atoms with Gasteiger partial charge >= 0.3 is 0 Å². The molecule has 0 saturated carbocycles. The van der Waals surface area contributed by atoms with Crippen molar-refractivity contribution in [3.8, 4) is 0 Å². The molecule has 1 fully saturated rings. The Bertz CT molecular complexity index is 356. The largest absolute Gasteiger partial charge is 0.393 e. The summed E-state index contributed by atoms with van der Waals surface area (Å²) in [5.74, 6) is 1.22. The van der Waals surface area contributed by atoms with Crippen LogP contribution >= 0.6 is 0 Å². The van der Waals surface area contributed by atoms with Crippen LogP contribution in [0.25, 0.3) is 0 Å². The molecule has 1 saturated heterocycles. The third kappa shape index (κ3) is 3.04. The van der Waals surface area contributed by atoms with E-state index in [-0.39, 0.29) is 6.10 Å². The van der Waals surface area contributed by atoms with Gasteiger partial charge in [0.05, 0.1) is 6.10 Å². The number of aliphatic hydroxyl groups is 1. The van der Waals surface area contributed by atoms with E-state index >= 15 is 0 Å². The number of aryl methyl sites for hydroxylation is 1. The van der Waals surface area contributed by atoms with Crippen LogP contribution in [0.5, 0.6) is 0 Å². The fourth-order valence-electron chi connectivity index (χ4n) is 2.01. The van der Waals surface area contributed by atoms with Gasteiger partial charge in [-0.15, -0.1) is 0 Å². The van der Waals surface area contributed by atoms with Gasteiger partial charge in [0.2, 0.25) is 11.7 Å². The summed E-state index contributed by atoms with van der Waals surface area (Å²) >= 11 is 0. The molecule has 0 amide bonds. The molecule has 17 heavy (non-hydrogen) atoms. The Balaban J connectivity index is 2.01. The summed E-state index contributed by atoms with van der Waals surface area (Å²) in [5, 5.41) is 13.2. The number of nitrogens with zero attached hydrogens (tertiary/aromatic N) is 2. The van der Waals surface area contributed by atoms with E-state index in [0.29, 0.717) is 24.6 Å². The predicted octanol–water partition coefficient (Wildman–Crippen LogP) is 1.80. The number of aliphatic hydroxyl groups excluding tert-OH is 1. The van der Waals surface area contributed by atoms with Crippen LogP contribution in [-0.2, 0) is 16.8 Å². The van der Waals surface area contributed by atoms with Gasteiger partial charge < -0.3 is 14.4 Å². The lowest BCUT2D eigenvalue weighted by Gasteiger charge is -2.30. The van der Waals surface area contributed by atoms with Crippen molar-refractivity contribution in [1.29, 1.82) is 0 Å². The molecule has 5 heteroatoms. The standard InChI is InChI=1S/C12H20N2O3/c1-9(15)5-6-10-13-11(14-17-10)12(2)7-3-4-8-16-12/h9,15H,3-8H2,1-2H3. The molecular weight excluding hydrogens is 220 g/mol. The summed E-state index contributed by atoms with van der Waals surface area (Å²) in [4.78, 5) is 4.36. The SMILES string of the molecule is CC(O)CCc1nc(C2(C)CCCCO2)no1. The first kappa shape index (κ1) is 12.5. The summed E-state index contributed by atoms with van der Waals surface area (Å²) in [6.07, 6.45) is 4.07. The normalized spacial score (nSPS) is 27.0. The molecule has 0 bridgehead atoms. The smallest absolute Gasteiger partial charge is 0.226 e. The Morgan fingerprint density at radius 2 is 2.29 bits per heavy atom. The van der Waals surface area contributed by atoms with Crippen molar-refractivity contribution in [1.82, 2.24) is 10.1 Å². The highest BCUT2D eigenvalue weighted by molar-refractivity contribution is 5.00. The van der Waals surface area contributed by atoms with Gasteiger partial charge in [0.1, 0.15) is 5.60 Å². The second-order valence-electron chi connectivity index (χ2n) is 4.94.